The van der Waals surface area contributed by atoms with Gasteiger partial charge in [-0.1, -0.05) is 60.5 Å². The molecule has 2 aromatic rings. The third-order valence-corrected chi connectivity index (χ3v) is 8.15. The summed E-state index contributed by atoms with van der Waals surface area (Å²) in [4.78, 5) is 40.7. The van der Waals surface area contributed by atoms with E-state index >= 15 is 0 Å². The van der Waals surface area contributed by atoms with Gasteiger partial charge in [0.1, 0.15) is 30.0 Å². The van der Waals surface area contributed by atoms with Gasteiger partial charge >= 0.3 is 0 Å². The first-order valence-electron chi connectivity index (χ1n) is 15.7. The highest BCUT2D eigenvalue weighted by Crippen LogP contribution is 2.31. The van der Waals surface area contributed by atoms with Crippen molar-refractivity contribution in [3.8, 4) is 12.3 Å². The summed E-state index contributed by atoms with van der Waals surface area (Å²) in [6.45, 7) is 6.42. The largest absolute Gasteiger partial charge is 0.388 e. The number of aliphatic hydroxyl groups excluding tert-OH is 3. The van der Waals surface area contributed by atoms with Gasteiger partial charge < -0.3 is 35.6 Å². The van der Waals surface area contributed by atoms with Gasteiger partial charge in [0.2, 0.25) is 17.7 Å². The number of carbonyl (C=O) groups excluding carboxylic acids is 3. The number of terminal acetylenes is 1. The second-order valence-electron chi connectivity index (χ2n) is 12.6. The van der Waals surface area contributed by atoms with E-state index in [4.69, 9.17) is 11.2 Å². The minimum atomic E-state index is -1.27. The fraction of sp³-hybridized carbons (Fsp3) is 0.472. The molecule has 11 nitrogen and oxygen atoms in total. The molecule has 0 unspecified atom stereocenters. The molecular weight excluding hydrogens is 600 g/mol. The average molecular weight is 649 g/mol. The standard InChI is InChI=1S/C36H48N4O7/c1-7-18-40(6)31(43)22-39(5)19-17-37-35(46)36(3,4)38-30(42)10-8-9-25-12-14-26(15-13-25)20-28-21-27(16-11-24(28)2)34-33(45)32(44)29(41)23-47-34/h1,8-9,11-16,21,29,32-34,41,44-45H,10,17-20,22-23H2,2-6H3,(H,37,46)(H,38,42)/b9-8+/t29-,32+,33-,34+/m1/s1. The van der Waals surface area contributed by atoms with E-state index in [1.165, 1.54) is 4.90 Å². The number of hydrogen-bond acceptors (Lipinski definition) is 8. The van der Waals surface area contributed by atoms with Crippen LogP contribution in [0.2, 0.25) is 0 Å². The number of rotatable bonds is 14. The van der Waals surface area contributed by atoms with Crippen LogP contribution in [0.4, 0.5) is 0 Å². The molecule has 0 radical (unpaired) electrons. The molecule has 2 aromatic carbocycles. The monoisotopic (exact) mass is 648 g/mol. The molecular formula is C36H48N4O7. The Hall–Kier alpha value is -4.05. The minimum Gasteiger partial charge on any atom is -0.388 e. The summed E-state index contributed by atoms with van der Waals surface area (Å²) in [5, 5.41) is 35.9. The van der Waals surface area contributed by atoms with E-state index in [1.807, 2.05) is 55.5 Å². The van der Waals surface area contributed by atoms with Crippen LogP contribution >= 0.6 is 0 Å². The number of carbonyl (C=O) groups is 3. The lowest BCUT2D eigenvalue weighted by atomic mass is 9.91. The Bertz CT molecular complexity index is 1450. The molecule has 4 atom stereocenters. The quantitative estimate of drug-likeness (QED) is 0.192. The summed E-state index contributed by atoms with van der Waals surface area (Å²) in [7, 11) is 3.42. The zero-order valence-electron chi connectivity index (χ0n) is 27.9. The molecule has 3 rings (SSSR count). The van der Waals surface area contributed by atoms with Gasteiger partial charge in [-0.15, -0.1) is 6.42 Å². The smallest absolute Gasteiger partial charge is 0.245 e. The first-order valence-corrected chi connectivity index (χ1v) is 15.7. The third-order valence-electron chi connectivity index (χ3n) is 8.15. The summed E-state index contributed by atoms with van der Waals surface area (Å²) in [6.07, 6.45) is 5.26. The Morgan fingerprint density at radius 1 is 1.09 bits per heavy atom. The van der Waals surface area contributed by atoms with Crippen LogP contribution < -0.4 is 10.6 Å². The summed E-state index contributed by atoms with van der Waals surface area (Å²) in [5.74, 6) is 1.71. The molecule has 1 aliphatic rings. The van der Waals surface area contributed by atoms with Gasteiger partial charge in [-0.2, -0.15) is 0 Å². The molecule has 0 saturated carbocycles. The fourth-order valence-corrected chi connectivity index (χ4v) is 5.12. The van der Waals surface area contributed by atoms with Crippen molar-refractivity contribution in [1.29, 1.82) is 0 Å². The SMILES string of the molecule is C#CCN(C)C(=O)CN(C)CCNC(=O)C(C)(C)NC(=O)C/C=C/c1ccc(Cc2cc([C@@H]3OC[C@@H](O)[C@H](O)[C@H]3O)ccc2C)cc1. The van der Waals surface area contributed by atoms with Gasteiger partial charge in [-0.05, 0) is 62.1 Å². The minimum absolute atomic E-state index is 0.0491. The van der Waals surface area contributed by atoms with Crippen molar-refractivity contribution in [3.63, 3.8) is 0 Å². The number of nitrogens with zero attached hydrogens (tertiary/aromatic N) is 2. The van der Waals surface area contributed by atoms with E-state index in [0.717, 1.165) is 27.8 Å². The van der Waals surface area contributed by atoms with Crippen LogP contribution in [0, 0.1) is 19.3 Å². The Labute approximate surface area is 277 Å². The molecule has 1 heterocycles. The number of amides is 3. The number of ether oxygens (including phenoxy) is 1. The summed E-state index contributed by atoms with van der Waals surface area (Å²) >= 11 is 0. The lowest BCUT2D eigenvalue weighted by Crippen LogP contribution is -2.55. The Morgan fingerprint density at radius 2 is 1.79 bits per heavy atom. The van der Waals surface area contributed by atoms with Crippen molar-refractivity contribution in [2.24, 2.45) is 0 Å². The molecule has 0 bridgehead atoms. The summed E-state index contributed by atoms with van der Waals surface area (Å²) in [5.41, 5.74) is 3.74. The van der Waals surface area contributed by atoms with E-state index in [-0.39, 0.29) is 43.8 Å². The second-order valence-corrected chi connectivity index (χ2v) is 12.6. The highest BCUT2D eigenvalue weighted by atomic mass is 16.5. The molecule has 1 fully saturated rings. The Morgan fingerprint density at radius 3 is 2.47 bits per heavy atom. The number of aliphatic hydroxyl groups is 3. The van der Waals surface area contributed by atoms with E-state index in [0.29, 0.717) is 19.5 Å². The van der Waals surface area contributed by atoms with Crippen molar-refractivity contribution >= 4 is 23.8 Å². The topological polar surface area (TPSA) is 152 Å². The Balaban J connectivity index is 1.46. The number of likely N-dealkylation sites (N-methyl/N-ethyl adjacent to an activating group) is 2. The highest BCUT2D eigenvalue weighted by molar-refractivity contribution is 5.91. The fourth-order valence-electron chi connectivity index (χ4n) is 5.12. The van der Waals surface area contributed by atoms with E-state index in [1.54, 1.807) is 38.9 Å². The van der Waals surface area contributed by atoms with Gasteiger partial charge in [0.25, 0.3) is 0 Å². The predicted molar refractivity (Wildman–Crippen MR) is 180 cm³/mol. The lowest BCUT2D eigenvalue weighted by molar-refractivity contribution is -0.189. The molecule has 0 aromatic heterocycles. The molecule has 3 amide bonds. The van der Waals surface area contributed by atoms with E-state index in [2.05, 4.69) is 16.6 Å². The number of nitrogens with one attached hydrogen (secondary N) is 2. The number of aryl methyl sites for hydroxylation is 1. The number of hydrogen-bond donors (Lipinski definition) is 5. The van der Waals surface area contributed by atoms with Crippen molar-refractivity contribution in [1.82, 2.24) is 20.4 Å². The van der Waals surface area contributed by atoms with Gasteiger partial charge in [0, 0.05) is 26.6 Å². The molecule has 1 saturated heterocycles. The van der Waals surface area contributed by atoms with Crippen LogP contribution in [0.5, 0.6) is 0 Å². The van der Waals surface area contributed by atoms with Crippen molar-refractivity contribution in [2.75, 3.05) is 46.9 Å². The number of benzene rings is 2. The van der Waals surface area contributed by atoms with Crippen LogP contribution in [0.3, 0.4) is 0 Å². The molecule has 254 valence electrons. The van der Waals surface area contributed by atoms with Crippen molar-refractivity contribution in [2.45, 2.75) is 63.6 Å². The second kappa shape index (κ2) is 17.2. The van der Waals surface area contributed by atoms with Crippen molar-refractivity contribution in [3.05, 3.63) is 76.4 Å². The predicted octanol–water partition coefficient (Wildman–Crippen LogP) is 1.18. The first kappa shape index (κ1) is 37.4. The van der Waals surface area contributed by atoms with Gasteiger partial charge in [0.05, 0.1) is 19.7 Å². The van der Waals surface area contributed by atoms with Crippen LogP contribution in [0.15, 0.2) is 48.5 Å². The molecule has 47 heavy (non-hydrogen) atoms. The third kappa shape index (κ3) is 11.0. The Kier molecular flexibility index (Phi) is 13.7. The average Bonchev–Trinajstić information content (AvgIpc) is 3.01. The van der Waals surface area contributed by atoms with Crippen LogP contribution in [0.25, 0.3) is 6.08 Å². The van der Waals surface area contributed by atoms with Gasteiger partial charge in [0.15, 0.2) is 0 Å². The molecule has 0 aliphatic carbocycles. The molecule has 11 heteroatoms. The van der Waals surface area contributed by atoms with Gasteiger partial charge in [-0.3, -0.25) is 19.3 Å². The van der Waals surface area contributed by atoms with Crippen LogP contribution in [-0.2, 0) is 25.5 Å². The van der Waals surface area contributed by atoms with E-state index in [9.17, 15) is 29.7 Å². The van der Waals surface area contributed by atoms with Crippen LogP contribution in [0.1, 0.15) is 54.2 Å². The maximum atomic E-state index is 12.7. The highest BCUT2D eigenvalue weighted by Gasteiger charge is 2.38. The molecule has 1 aliphatic heterocycles. The summed E-state index contributed by atoms with van der Waals surface area (Å²) < 4.78 is 5.63. The normalized spacial score (nSPS) is 19.7. The molecule has 0 spiro atoms. The summed E-state index contributed by atoms with van der Waals surface area (Å²) in [6, 6.07) is 13.7. The first-order chi connectivity index (χ1) is 22.2. The van der Waals surface area contributed by atoms with Gasteiger partial charge in [-0.25, -0.2) is 0 Å². The maximum absolute atomic E-state index is 12.7. The zero-order chi connectivity index (χ0) is 34.7. The molecule has 5 N–H and O–H groups in total. The maximum Gasteiger partial charge on any atom is 0.245 e. The van der Waals surface area contributed by atoms with E-state index < -0.39 is 30.0 Å². The van der Waals surface area contributed by atoms with Crippen LogP contribution in [-0.4, -0.2) is 114 Å². The lowest BCUT2D eigenvalue weighted by Gasteiger charge is -2.35. The zero-order valence-corrected chi connectivity index (χ0v) is 27.9. The van der Waals surface area contributed by atoms with Crippen molar-refractivity contribution < 1.29 is 34.4 Å².